The van der Waals surface area contributed by atoms with Crippen LogP contribution >= 0.6 is 0 Å². The highest BCUT2D eigenvalue weighted by molar-refractivity contribution is 7.89. The fourth-order valence-corrected chi connectivity index (χ4v) is 2.02. The number of nitrogens with one attached hydrogen (secondary N) is 1. The van der Waals surface area contributed by atoms with Crippen LogP contribution in [0.4, 0.5) is 8.78 Å². The van der Waals surface area contributed by atoms with Crippen molar-refractivity contribution in [3.05, 3.63) is 29.3 Å². The van der Waals surface area contributed by atoms with Gasteiger partial charge in [0.25, 0.3) is 5.91 Å². The van der Waals surface area contributed by atoms with Gasteiger partial charge in [0.2, 0.25) is 10.0 Å². The van der Waals surface area contributed by atoms with Crippen LogP contribution < -0.4 is 10.5 Å². The van der Waals surface area contributed by atoms with E-state index in [1.54, 1.807) is 6.92 Å². The van der Waals surface area contributed by atoms with Gasteiger partial charge in [0.1, 0.15) is 16.5 Å². The smallest absolute Gasteiger partial charge is 0.254 e. The van der Waals surface area contributed by atoms with Crippen molar-refractivity contribution < 1.29 is 22.0 Å². The summed E-state index contributed by atoms with van der Waals surface area (Å²) in [4.78, 5) is 11.1. The van der Waals surface area contributed by atoms with Crippen LogP contribution in [0.3, 0.4) is 0 Å². The highest BCUT2D eigenvalue weighted by Gasteiger charge is 2.26. The Bertz CT molecular complexity index is 667. The van der Waals surface area contributed by atoms with E-state index >= 15 is 0 Å². The van der Waals surface area contributed by atoms with Gasteiger partial charge < -0.3 is 5.32 Å². The molecule has 21 heavy (non-hydrogen) atoms. The average Bonchev–Trinajstić information content (AvgIpc) is 2.25. The van der Waals surface area contributed by atoms with Crippen molar-refractivity contribution in [1.82, 2.24) is 5.32 Å². The summed E-state index contributed by atoms with van der Waals surface area (Å²) in [5.41, 5.74) is -0.855. The highest BCUT2D eigenvalue weighted by Crippen LogP contribution is 2.21. The van der Waals surface area contributed by atoms with Gasteiger partial charge in [0, 0.05) is 12.1 Å². The fraction of sp³-hybridized carbons (Fsp3) is 0.462. The quantitative estimate of drug-likeness (QED) is 0.889. The predicted molar refractivity (Wildman–Crippen MR) is 74.1 cm³/mol. The van der Waals surface area contributed by atoms with Crippen LogP contribution in [0.15, 0.2) is 17.0 Å². The van der Waals surface area contributed by atoms with Crippen molar-refractivity contribution in [3.63, 3.8) is 0 Å². The molecule has 1 amide bonds. The van der Waals surface area contributed by atoms with E-state index in [4.69, 9.17) is 5.14 Å². The molecule has 0 aliphatic carbocycles. The van der Waals surface area contributed by atoms with Gasteiger partial charge in [0.05, 0.1) is 5.56 Å². The Balaban J connectivity index is 3.23. The number of nitrogens with two attached hydrogens (primary N) is 1. The van der Waals surface area contributed by atoms with Gasteiger partial charge in [-0.2, -0.15) is 0 Å². The number of primary sulfonamides is 1. The number of hydrogen-bond acceptors (Lipinski definition) is 3. The molecule has 0 heterocycles. The molecule has 0 bridgehead atoms. The Morgan fingerprint density at radius 1 is 1.24 bits per heavy atom. The fourth-order valence-electron chi connectivity index (χ4n) is 1.41. The van der Waals surface area contributed by atoms with Crippen molar-refractivity contribution in [2.75, 3.05) is 0 Å². The van der Waals surface area contributed by atoms with Gasteiger partial charge in [-0.1, -0.05) is 20.8 Å². The molecule has 118 valence electrons. The molecule has 0 fully saturated rings. The molecule has 0 spiro atoms. The summed E-state index contributed by atoms with van der Waals surface area (Å²) < 4.78 is 49.5. The average molecular weight is 320 g/mol. The van der Waals surface area contributed by atoms with E-state index in [1.165, 1.54) is 0 Å². The zero-order valence-electron chi connectivity index (χ0n) is 12.2. The Morgan fingerprint density at radius 2 is 1.76 bits per heavy atom. The Morgan fingerprint density at radius 3 is 2.19 bits per heavy atom. The number of amides is 1. The molecule has 0 aliphatic rings. The third-order valence-electron chi connectivity index (χ3n) is 3.22. The molecule has 3 N–H and O–H groups in total. The van der Waals surface area contributed by atoms with Crippen LogP contribution in [-0.2, 0) is 10.0 Å². The van der Waals surface area contributed by atoms with Crippen LogP contribution in [0.2, 0.25) is 0 Å². The summed E-state index contributed by atoms with van der Waals surface area (Å²) in [7, 11) is -4.38. The molecule has 5 nitrogen and oxygen atoms in total. The number of carbonyl (C=O) groups excluding carboxylic acids is 1. The van der Waals surface area contributed by atoms with E-state index in [-0.39, 0.29) is 11.5 Å². The summed E-state index contributed by atoms with van der Waals surface area (Å²) in [6, 6.07) is 0.619. The van der Waals surface area contributed by atoms with Crippen LogP contribution in [0.1, 0.15) is 38.1 Å². The number of sulfonamides is 1. The summed E-state index contributed by atoms with van der Waals surface area (Å²) in [5, 5.41) is 7.36. The zero-order valence-corrected chi connectivity index (χ0v) is 13.0. The molecule has 1 aromatic rings. The normalized spacial score (nSPS) is 13.9. The second kappa shape index (κ2) is 5.69. The van der Waals surface area contributed by atoms with Gasteiger partial charge >= 0.3 is 0 Å². The lowest BCUT2D eigenvalue weighted by atomic mass is 9.88. The molecular formula is C13H18F2N2O3S. The summed E-state index contributed by atoms with van der Waals surface area (Å²) in [5.74, 6) is -3.33. The van der Waals surface area contributed by atoms with Gasteiger partial charge in [-0.25, -0.2) is 22.3 Å². The number of halogens is 2. The minimum Gasteiger partial charge on any atom is -0.349 e. The molecule has 0 saturated heterocycles. The lowest BCUT2D eigenvalue weighted by Gasteiger charge is -2.28. The molecule has 1 rings (SSSR count). The molecule has 0 aromatic heterocycles. The maximum atomic E-state index is 13.7. The molecule has 0 radical (unpaired) electrons. The number of carbonyl (C=O) groups is 1. The van der Waals surface area contributed by atoms with Crippen LogP contribution in [-0.4, -0.2) is 20.4 Å². The highest BCUT2D eigenvalue weighted by atomic mass is 32.2. The van der Waals surface area contributed by atoms with Crippen molar-refractivity contribution in [2.45, 2.75) is 38.6 Å². The monoisotopic (exact) mass is 320 g/mol. The zero-order chi connectivity index (χ0) is 16.6. The van der Waals surface area contributed by atoms with Gasteiger partial charge in [0.15, 0.2) is 0 Å². The SMILES string of the molecule is CC(NC(=O)c1cc(S(N)(=O)=O)c(F)cc1F)C(C)(C)C. The van der Waals surface area contributed by atoms with Crippen LogP contribution in [0.5, 0.6) is 0 Å². The van der Waals surface area contributed by atoms with E-state index in [9.17, 15) is 22.0 Å². The van der Waals surface area contributed by atoms with E-state index < -0.39 is 38.0 Å². The standard InChI is InChI=1S/C13H18F2N2O3S/c1-7(13(2,3)4)17-12(18)8-5-11(21(16,19)20)10(15)6-9(8)14/h5-7H,1-4H3,(H,17,18)(H2,16,19,20). The van der Waals surface area contributed by atoms with Crippen LogP contribution in [0.25, 0.3) is 0 Å². The first-order valence-electron chi connectivity index (χ1n) is 6.16. The van der Waals surface area contributed by atoms with Crippen molar-refractivity contribution in [3.8, 4) is 0 Å². The third kappa shape index (κ3) is 4.21. The largest absolute Gasteiger partial charge is 0.349 e. The first-order valence-corrected chi connectivity index (χ1v) is 7.71. The Hall–Kier alpha value is -1.54. The Kier molecular flexibility index (Phi) is 4.74. The van der Waals surface area contributed by atoms with Crippen molar-refractivity contribution in [1.29, 1.82) is 0 Å². The van der Waals surface area contributed by atoms with Gasteiger partial charge in [-0.3, -0.25) is 4.79 Å². The second-order valence-corrected chi connectivity index (χ2v) is 7.40. The summed E-state index contributed by atoms with van der Waals surface area (Å²) >= 11 is 0. The van der Waals surface area contributed by atoms with E-state index in [2.05, 4.69) is 5.32 Å². The summed E-state index contributed by atoms with van der Waals surface area (Å²) in [6.45, 7) is 7.33. The van der Waals surface area contributed by atoms with Crippen molar-refractivity contribution in [2.24, 2.45) is 10.6 Å². The minimum atomic E-state index is -4.38. The van der Waals surface area contributed by atoms with E-state index in [0.717, 1.165) is 0 Å². The third-order valence-corrected chi connectivity index (χ3v) is 4.15. The lowest BCUT2D eigenvalue weighted by molar-refractivity contribution is 0.0905. The maximum Gasteiger partial charge on any atom is 0.254 e. The molecule has 0 saturated carbocycles. The molecule has 0 aliphatic heterocycles. The summed E-state index contributed by atoms with van der Waals surface area (Å²) in [6.07, 6.45) is 0. The topological polar surface area (TPSA) is 89.3 Å². The molecule has 1 aromatic carbocycles. The molecule has 8 heteroatoms. The van der Waals surface area contributed by atoms with Gasteiger partial charge in [-0.05, 0) is 18.4 Å². The molecule has 1 unspecified atom stereocenters. The first-order chi connectivity index (χ1) is 9.34. The van der Waals surface area contributed by atoms with E-state index in [0.29, 0.717) is 12.1 Å². The van der Waals surface area contributed by atoms with Gasteiger partial charge in [-0.15, -0.1) is 0 Å². The lowest BCUT2D eigenvalue weighted by Crippen LogP contribution is -2.41. The second-order valence-electron chi connectivity index (χ2n) is 5.87. The predicted octanol–water partition coefficient (Wildman–Crippen LogP) is 1.78. The first kappa shape index (κ1) is 17.5. The number of rotatable bonds is 3. The maximum absolute atomic E-state index is 13.7. The molecular weight excluding hydrogens is 302 g/mol. The number of benzene rings is 1. The Labute approximate surface area is 122 Å². The molecule has 1 atom stereocenters. The van der Waals surface area contributed by atoms with Crippen LogP contribution in [0, 0.1) is 17.0 Å². The number of hydrogen-bond donors (Lipinski definition) is 2. The van der Waals surface area contributed by atoms with E-state index in [1.807, 2.05) is 20.8 Å². The minimum absolute atomic E-state index is 0.283. The van der Waals surface area contributed by atoms with Crippen molar-refractivity contribution >= 4 is 15.9 Å².